The van der Waals surface area contributed by atoms with Gasteiger partial charge in [0.05, 0.1) is 23.1 Å². The molecule has 2 aliphatic rings. The first kappa shape index (κ1) is 30.4. The van der Waals surface area contributed by atoms with Crippen molar-refractivity contribution in [1.82, 2.24) is 0 Å². The highest BCUT2D eigenvalue weighted by molar-refractivity contribution is 7.98. The zero-order chi connectivity index (χ0) is 31.3. The third kappa shape index (κ3) is 5.94. The molecule has 0 radical (unpaired) electrons. The number of thioether (sulfide) groups is 1. The lowest BCUT2D eigenvalue weighted by Crippen LogP contribution is -2.42. The Morgan fingerprint density at radius 2 is 1.74 bits per heavy atom. The number of allylic oxidation sites excluding steroid dienone is 3. The van der Waals surface area contributed by atoms with Gasteiger partial charge < -0.3 is 5.73 Å². The summed E-state index contributed by atoms with van der Waals surface area (Å²) in [6, 6.07) is 17.2. The number of carbonyl (C=O) groups is 1. The summed E-state index contributed by atoms with van der Waals surface area (Å²) in [5.41, 5.74) is 10.2. The van der Waals surface area contributed by atoms with Crippen LogP contribution in [-0.4, -0.2) is 5.78 Å². The van der Waals surface area contributed by atoms with E-state index in [2.05, 4.69) is 6.07 Å². The van der Waals surface area contributed by atoms with Crippen molar-refractivity contribution in [3.63, 3.8) is 0 Å². The van der Waals surface area contributed by atoms with Crippen LogP contribution in [0.15, 0.2) is 88.2 Å². The van der Waals surface area contributed by atoms with E-state index in [9.17, 15) is 27.6 Å². The Hall–Kier alpha value is -4.03. The molecule has 0 saturated heterocycles. The van der Waals surface area contributed by atoms with Crippen LogP contribution in [0, 0.1) is 36.4 Å². The molecule has 1 heterocycles. The highest BCUT2D eigenvalue weighted by atomic mass is 32.2. The number of Topliss-reactive ketones (excluding diaryl/α,β-unsaturated/α-hetero) is 1. The van der Waals surface area contributed by atoms with Crippen LogP contribution in [0.1, 0.15) is 60.4 Å². The molecule has 43 heavy (non-hydrogen) atoms. The maximum atomic E-state index is 13.9. The van der Waals surface area contributed by atoms with Gasteiger partial charge in [-0.1, -0.05) is 32.0 Å². The van der Waals surface area contributed by atoms with Gasteiger partial charge >= 0.3 is 6.18 Å². The molecule has 4 nitrogen and oxygen atoms in total. The Morgan fingerprint density at radius 3 is 2.40 bits per heavy atom. The standard InChI is InChI=1S/C34H31F4N3OS/c1-19-12-20(2)26(13-21(19)18-43-25-10-8-23(35)9-11-25)30-27(17-39)32(40)41(24-7-5-6-22(14-24)34(36,37)38)28-15-33(3,4)16-29(42)31(28)30/h5-14,30H,15-16,18,40H2,1-4H3. The summed E-state index contributed by atoms with van der Waals surface area (Å²) in [5, 5.41) is 10.4. The smallest absolute Gasteiger partial charge is 0.384 e. The molecule has 1 aliphatic heterocycles. The van der Waals surface area contributed by atoms with E-state index >= 15 is 0 Å². The molecule has 5 rings (SSSR count). The number of carbonyl (C=O) groups excluding carboxylic acids is 1. The maximum Gasteiger partial charge on any atom is 0.416 e. The van der Waals surface area contributed by atoms with Crippen LogP contribution in [0.4, 0.5) is 23.2 Å². The van der Waals surface area contributed by atoms with E-state index in [4.69, 9.17) is 5.73 Å². The van der Waals surface area contributed by atoms with Gasteiger partial charge in [-0.05, 0) is 90.4 Å². The minimum Gasteiger partial charge on any atom is -0.384 e. The Labute approximate surface area is 252 Å². The van der Waals surface area contributed by atoms with Crippen molar-refractivity contribution >= 4 is 23.2 Å². The molecule has 0 saturated carbocycles. The number of nitrogens with two attached hydrogens (primary N) is 1. The van der Waals surface area contributed by atoms with Crippen molar-refractivity contribution in [3.8, 4) is 6.07 Å². The van der Waals surface area contributed by atoms with Gasteiger partial charge in [0.2, 0.25) is 0 Å². The van der Waals surface area contributed by atoms with Crippen LogP contribution >= 0.6 is 11.8 Å². The fourth-order valence-electron chi connectivity index (χ4n) is 6.01. The third-order valence-corrected chi connectivity index (χ3v) is 9.12. The van der Waals surface area contributed by atoms with Gasteiger partial charge in [0, 0.05) is 34.0 Å². The molecule has 0 spiro atoms. The molecule has 222 valence electrons. The molecule has 0 aromatic heterocycles. The van der Waals surface area contributed by atoms with Crippen molar-refractivity contribution in [2.24, 2.45) is 11.1 Å². The predicted octanol–water partition coefficient (Wildman–Crippen LogP) is 8.69. The maximum absolute atomic E-state index is 13.9. The van der Waals surface area contributed by atoms with Gasteiger partial charge in [-0.15, -0.1) is 11.8 Å². The van der Waals surface area contributed by atoms with E-state index in [0.717, 1.165) is 39.3 Å². The number of benzene rings is 3. The molecule has 0 fully saturated rings. The number of nitriles is 1. The largest absolute Gasteiger partial charge is 0.416 e. The number of nitrogens with zero attached hydrogens (tertiary/aromatic N) is 2. The van der Waals surface area contributed by atoms with Crippen LogP contribution in [0.2, 0.25) is 0 Å². The second-order valence-corrected chi connectivity index (χ2v) is 13.0. The zero-order valence-electron chi connectivity index (χ0n) is 24.3. The van der Waals surface area contributed by atoms with Crippen LogP contribution in [0.25, 0.3) is 0 Å². The van der Waals surface area contributed by atoms with Gasteiger partial charge in [-0.2, -0.15) is 18.4 Å². The van der Waals surface area contributed by atoms with E-state index in [-0.39, 0.29) is 35.1 Å². The molecule has 0 bridgehead atoms. The molecule has 1 atom stereocenters. The number of aryl methyl sites for hydroxylation is 2. The number of hydrogen-bond acceptors (Lipinski definition) is 5. The highest BCUT2D eigenvalue weighted by Gasteiger charge is 2.45. The first-order valence-electron chi connectivity index (χ1n) is 13.8. The number of ketones is 1. The van der Waals surface area contributed by atoms with E-state index < -0.39 is 23.1 Å². The lowest BCUT2D eigenvalue weighted by molar-refractivity contribution is -0.137. The van der Waals surface area contributed by atoms with Crippen molar-refractivity contribution in [2.75, 3.05) is 4.90 Å². The van der Waals surface area contributed by atoms with Crippen molar-refractivity contribution in [1.29, 1.82) is 5.26 Å². The summed E-state index contributed by atoms with van der Waals surface area (Å²) in [6.45, 7) is 7.79. The van der Waals surface area contributed by atoms with E-state index in [0.29, 0.717) is 23.4 Å². The topological polar surface area (TPSA) is 70.1 Å². The van der Waals surface area contributed by atoms with Crippen molar-refractivity contribution < 1.29 is 22.4 Å². The van der Waals surface area contributed by atoms with E-state index in [1.165, 1.54) is 29.2 Å². The van der Waals surface area contributed by atoms with Crippen LogP contribution in [0.5, 0.6) is 0 Å². The first-order valence-corrected chi connectivity index (χ1v) is 14.8. The second kappa shape index (κ2) is 11.2. The molecular formula is C34H31F4N3OS. The minimum atomic E-state index is -4.58. The molecule has 3 aromatic rings. The van der Waals surface area contributed by atoms with Gasteiger partial charge in [0.1, 0.15) is 11.6 Å². The number of anilines is 1. The molecular weight excluding hydrogens is 574 g/mol. The number of alkyl halides is 3. The van der Waals surface area contributed by atoms with Crippen LogP contribution in [-0.2, 0) is 16.7 Å². The molecule has 9 heteroatoms. The normalized spacial score (nSPS) is 18.5. The average molecular weight is 606 g/mol. The Kier molecular flexibility index (Phi) is 7.95. The van der Waals surface area contributed by atoms with Crippen molar-refractivity contribution in [3.05, 3.63) is 117 Å². The van der Waals surface area contributed by atoms with Crippen LogP contribution in [0.3, 0.4) is 0 Å². The fourth-order valence-corrected chi connectivity index (χ4v) is 6.97. The quantitative estimate of drug-likeness (QED) is 0.233. The Morgan fingerprint density at radius 1 is 1.05 bits per heavy atom. The lowest BCUT2D eigenvalue weighted by Gasteiger charge is -2.44. The zero-order valence-corrected chi connectivity index (χ0v) is 25.1. The Bertz CT molecular complexity index is 1710. The second-order valence-electron chi connectivity index (χ2n) is 11.9. The summed E-state index contributed by atoms with van der Waals surface area (Å²) in [6.07, 6.45) is -3.96. The number of hydrogen-bond donors (Lipinski definition) is 1. The first-order chi connectivity index (χ1) is 20.2. The third-order valence-electron chi connectivity index (χ3n) is 8.06. The average Bonchev–Trinajstić information content (AvgIpc) is 2.92. The minimum absolute atomic E-state index is 0.0123. The summed E-state index contributed by atoms with van der Waals surface area (Å²) in [5.74, 6) is -0.649. The van der Waals surface area contributed by atoms with Crippen molar-refractivity contribution in [2.45, 2.75) is 63.3 Å². The van der Waals surface area contributed by atoms with Crippen LogP contribution < -0.4 is 10.6 Å². The van der Waals surface area contributed by atoms with Gasteiger partial charge in [0.15, 0.2) is 5.78 Å². The Balaban J connectivity index is 1.67. The number of rotatable bonds is 5. The molecule has 2 N–H and O–H groups in total. The van der Waals surface area contributed by atoms with Gasteiger partial charge in [-0.3, -0.25) is 9.69 Å². The lowest BCUT2D eigenvalue weighted by atomic mass is 9.68. The number of halogens is 4. The molecule has 3 aromatic carbocycles. The summed E-state index contributed by atoms with van der Waals surface area (Å²) in [7, 11) is 0. The summed E-state index contributed by atoms with van der Waals surface area (Å²) in [4.78, 5) is 16.3. The van der Waals surface area contributed by atoms with Gasteiger partial charge in [0.25, 0.3) is 0 Å². The summed E-state index contributed by atoms with van der Waals surface area (Å²) < 4.78 is 54.5. The molecule has 0 amide bonds. The molecule has 1 aliphatic carbocycles. The predicted molar refractivity (Wildman–Crippen MR) is 160 cm³/mol. The SMILES string of the molecule is Cc1cc(C)c(C2C(C#N)=C(N)N(c3cccc(C(F)(F)F)c3)C3=C2C(=O)CC(C)(C)C3)cc1CSc1ccc(F)cc1. The fraction of sp³-hybridized carbons (Fsp3) is 0.294. The van der Waals surface area contributed by atoms with E-state index in [1.807, 2.05) is 39.8 Å². The summed E-state index contributed by atoms with van der Waals surface area (Å²) >= 11 is 1.54. The van der Waals surface area contributed by atoms with E-state index in [1.54, 1.807) is 23.9 Å². The highest BCUT2D eigenvalue weighted by Crippen LogP contribution is 2.51. The molecule has 1 unspecified atom stereocenters. The van der Waals surface area contributed by atoms with Gasteiger partial charge in [-0.25, -0.2) is 4.39 Å². The monoisotopic (exact) mass is 605 g/mol.